The number of fused-ring (bicyclic) bond motifs is 7. The molecule has 0 bridgehead atoms. The largest absolute Gasteiger partial charge is 0.456 e. The number of para-hydroxylation sites is 4. The van der Waals surface area contributed by atoms with Gasteiger partial charge in [0.1, 0.15) is 22.3 Å². The minimum absolute atomic E-state index is 0.843. The highest BCUT2D eigenvalue weighted by Gasteiger charge is 2.26. The van der Waals surface area contributed by atoms with Gasteiger partial charge in [-0.15, -0.1) is 0 Å². The van der Waals surface area contributed by atoms with Crippen molar-refractivity contribution in [1.82, 2.24) is 0 Å². The van der Waals surface area contributed by atoms with Gasteiger partial charge in [-0.05, 0) is 83.2 Å². The number of hydrogen-bond acceptors (Lipinski definition) is 4. The summed E-state index contributed by atoms with van der Waals surface area (Å²) >= 11 is 0. The quantitative estimate of drug-likeness (QED) is 0.153. The Bertz CT molecular complexity index is 3600. The first kappa shape index (κ1) is 35.6. The fraction of sp³-hybridized carbons (Fsp3) is 0. The van der Waals surface area contributed by atoms with Crippen molar-refractivity contribution < 1.29 is 8.83 Å². The van der Waals surface area contributed by atoms with Crippen molar-refractivity contribution in [3.63, 3.8) is 0 Å². The van der Waals surface area contributed by atoms with Gasteiger partial charge < -0.3 is 18.6 Å². The van der Waals surface area contributed by atoms with Gasteiger partial charge in [0.05, 0.1) is 39.2 Å². The SMILES string of the molecule is c1ccc(-c2ccc(N(c3ccccc3-c3ccccc3N(c3cccc4ccccc34)c3cccc4oc5ccccc5c34)c3cccc4oc5ccccc5c34)cc2)cc1. The van der Waals surface area contributed by atoms with Crippen LogP contribution in [-0.4, -0.2) is 0 Å². The standard InChI is InChI=1S/C58H38N2O2/c1-2-17-39(18-3-1)40-35-37-42(38-36-40)59(51-29-15-33-55-57(51)46-24-8-12-31-53(46)61-55)49-26-10-6-22-44(49)45-23-7-11-27-50(45)60(48-28-14-20-41-19-4-5-21-43(41)48)52-30-16-34-56-58(52)47-25-9-13-32-54(47)62-56/h1-38H. The molecule has 0 fully saturated rings. The van der Waals surface area contributed by atoms with Crippen molar-refractivity contribution in [2.24, 2.45) is 0 Å². The van der Waals surface area contributed by atoms with Crippen LogP contribution < -0.4 is 9.80 Å². The predicted molar refractivity (Wildman–Crippen MR) is 259 cm³/mol. The predicted octanol–water partition coefficient (Wildman–Crippen LogP) is 16.9. The van der Waals surface area contributed by atoms with Gasteiger partial charge in [-0.2, -0.15) is 0 Å². The zero-order valence-electron chi connectivity index (χ0n) is 33.7. The molecule has 0 aliphatic carbocycles. The molecule has 292 valence electrons. The highest BCUT2D eigenvalue weighted by atomic mass is 16.3. The third-order valence-electron chi connectivity index (χ3n) is 12.1. The van der Waals surface area contributed by atoms with E-state index in [-0.39, 0.29) is 0 Å². The van der Waals surface area contributed by atoms with Gasteiger partial charge in [0.25, 0.3) is 0 Å². The lowest BCUT2D eigenvalue weighted by atomic mass is 9.97. The molecule has 2 heterocycles. The average Bonchev–Trinajstić information content (AvgIpc) is 3.92. The molecule has 0 saturated heterocycles. The van der Waals surface area contributed by atoms with E-state index in [0.29, 0.717) is 0 Å². The van der Waals surface area contributed by atoms with Gasteiger partial charge >= 0.3 is 0 Å². The van der Waals surface area contributed by atoms with Crippen molar-refractivity contribution in [2.45, 2.75) is 0 Å². The smallest absolute Gasteiger partial charge is 0.137 e. The molecule has 12 rings (SSSR count). The van der Waals surface area contributed by atoms with Crippen LogP contribution >= 0.6 is 0 Å². The van der Waals surface area contributed by atoms with Crippen LogP contribution in [0.3, 0.4) is 0 Å². The molecular weight excluding hydrogens is 757 g/mol. The van der Waals surface area contributed by atoms with Gasteiger partial charge in [0.2, 0.25) is 0 Å². The first-order valence-electron chi connectivity index (χ1n) is 21.0. The fourth-order valence-corrected chi connectivity index (χ4v) is 9.31. The molecule has 2 aromatic heterocycles. The maximum atomic E-state index is 6.52. The number of hydrogen-bond donors (Lipinski definition) is 0. The molecule has 0 unspecified atom stereocenters. The molecule has 0 spiro atoms. The van der Waals surface area contributed by atoms with Crippen molar-refractivity contribution in [3.05, 3.63) is 231 Å². The average molecular weight is 795 g/mol. The van der Waals surface area contributed by atoms with E-state index in [0.717, 1.165) is 100 Å². The van der Waals surface area contributed by atoms with Crippen LogP contribution in [0, 0.1) is 0 Å². The Labute approximate surface area is 358 Å². The Morgan fingerprint density at radius 2 is 0.677 bits per heavy atom. The first-order chi connectivity index (χ1) is 30.8. The molecule has 0 N–H and O–H groups in total. The third-order valence-corrected chi connectivity index (χ3v) is 12.1. The lowest BCUT2D eigenvalue weighted by Crippen LogP contribution is -2.14. The van der Waals surface area contributed by atoms with Crippen LogP contribution in [0.25, 0.3) is 76.9 Å². The number of rotatable bonds is 8. The lowest BCUT2D eigenvalue weighted by Gasteiger charge is -2.32. The molecule has 10 aromatic carbocycles. The Hall–Kier alpha value is -8.34. The normalized spacial score (nSPS) is 11.5. The molecular formula is C58H38N2O2. The summed E-state index contributed by atoms with van der Waals surface area (Å²) in [5.74, 6) is 0. The second kappa shape index (κ2) is 14.7. The van der Waals surface area contributed by atoms with Crippen LogP contribution in [0.4, 0.5) is 34.1 Å². The maximum Gasteiger partial charge on any atom is 0.137 e. The van der Waals surface area contributed by atoms with E-state index in [1.807, 2.05) is 18.2 Å². The second-order valence-corrected chi connectivity index (χ2v) is 15.6. The Kier molecular flexibility index (Phi) is 8.46. The highest BCUT2D eigenvalue weighted by molar-refractivity contribution is 6.16. The minimum Gasteiger partial charge on any atom is -0.456 e. The molecule has 4 nitrogen and oxygen atoms in total. The van der Waals surface area contributed by atoms with Crippen LogP contribution in [0.15, 0.2) is 239 Å². The summed E-state index contributed by atoms with van der Waals surface area (Å²) in [6.45, 7) is 0. The highest BCUT2D eigenvalue weighted by Crippen LogP contribution is 2.51. The zero-order valence-corrected chi connectivity index (χ0v) is 33.7. The first-order valence-corrected chi connectivity index (χ1v) is 21.0. The molecule has 0 atom stereocenters. The summed E-state index contributed by atoms with van der Waals surface area (Å²) in [4.78, 5) is 4.83. The fourth-order valence-electron chi connectivity index (χ4n) is 9.31. The van der Waals surface area contributed by atoms with Gasteiger partial charge in [0, 0.05) is 33.0 Å². The Morgan fingerprint density at radius 3 is 1.32 bits per heavy atom. The van der Waals surface area contributed by atoms with Crippen molar-refractivity contribution >= 4 is 88.8 Å². The molecule has 0 radical (unpaired) electrons. The van der Waals surface area contributed by atoms with Gasteiger partial charge in [0.15, 0.2) is 0 Å². The van der Waals surface area contributed by atoms with E-state index in [2.05, 4.69) is 222 Å². The third kappa shape index (κ3) is 5.84. The number of furan rings is 2. The van der Waals surface area contributed by atoms with Gasteiger partial charge in [-0.1, -0.05) is 164 Å². The van der Waals surface area contributed by atoms with Crippen molar-refractivity contribution in [2.75, 3.05) is 9.80 Å². The van der Waals surface area contributed by atoms with E-state index < -0.39 is 0 Å². The Morgan fingerprint density at radius 1 is 0.258 bits per heavy atom. The number of benzene rings is 10. The summed E-state index contributed by atoms with van der Waals surface area (Å²) < 4.78 is 13.0. The Balaban J connectivity index is 1.13. The summed E-state index contributed by atoms with van der Waals surface area (Å²) in [5.41, 5.74) is 14.2. The van der Waals surface area contributed by atoms with E-state index >= 15 is 0 Å². The van der Waals surface area contributed by atoms with Crippen molar-refractivity contribution in [3.8, 4) is 22.3 Å². The summed E-state index contributed by atoms with van der Waals surface area (Å²) in [5, 5.41) is 6.60. The molecule has 4 heteroatoms. The number of nitrogens with zero attached hydrogens (tertiary/aromatic N) is 2. The van der Waals surface area contributed by atoms with Crippen LogP contribution in [0.1, 0.15) is 0 Å². The number of anilines is 6. The van der Waals surface area contributed by atoms with E-state index in [1.165, 1.54) is 10.9 Å². The maximum absolute atomic E-state index is 6.52. The molecule has 0 saturated carbocycles. The molecule has 12 aromatic rings. The summed E-state index contributed by atoms with van der Waals surface area (Å²) in [6.07, 6.45) is 0. The topological polar surface area (TPSA) is 32.8 Å². The molecule has 0 amide bonds. The van der Waals surface area contributed by atoms with Gasteiger partial charge in [-0.25, -0.2) is 0 Å². The molecule has 0 aliphatic heterocycles. The lowest BCUT2D eigenvalue weighted by molar-refractivity contribution is 0.668. The second-order valence-electron chi connectivity index (χ2n) is 15.6. The van der Waals surface area contributed by atoms with E-state index in [9.17, 15) is 0 Å². The van der Waals surface area contributed by atoms with E-state index in [1.54, 1.807) is 0 Å². The van der Waals surface area contributed by atoms with Crippen LogP contribution in [0.5, 0.6) is 0 Å². The molecule has 0 aliphatic rings. The monoisotopic (exact) mass is 794 g/mol. The van der Waals surface area contributed by atoms with Crippen molar-refractivity contribution in [1.29, 1.82) is 0 Å². The zero-order chi connectivity index (χ0) is 41.0. The van der Waals surface area contributed by atoms with Crippen LogP contribution in [-0.2, 0) is 0 Å². The summed E-state index contributed by atoms with van der Waals surface area (Å²) in [6, 6.07) is 81.7. The minimum atomic E-state index is 0.843. The van der Waals surface area contributed by atoms with E-state index in [4.69, 9.17) is 8.83 Å². The summed E-state index contributed by atoms with van der Waals surface area (Å²) in [7, 11) is 0. The van der Waals surface area contributed by atoms with Crippen LogP contribution in [0.2, 0.25) is 0 Å². The molecule has 62 heavy (non-hydrogen) atoms. The van der Waals surface area contributed by atoms with Gasteiger partial charge in [-0.3, -0.25) is 0 Å².